The third-order valence-corrected chi connectivity index (χ3v) is 7.42. The Kier molecular flexibility index (Phi) is 9.14. The molecule has 3 aromatic rings. The maximum Gasteiger partial charge on any atom is 0.305 e. The number of benzene rings is 2. The summed E-state index contributed by atoms with van der Waals surface area (Å²) in [5.74, 6) is -0.845. The zero-order valence-corrected chi connectivity index (χ0v) is 22.6. The molecule has 9 heteroatoms. The molecular weight excluding hydrogens is 501 g/mol. The van der Waals surface area contributed by atoms with Crippen LogP contribution in [0.25, 0.3) is 11.4 Å². The normalized spacial score (nSPS) is 15.5. The van der Waals surface area contributed by atoms with Crippen molar-refractivity contribution in [2.75, 3.05) is 14.2 Å². The molecule has 39 heavy (non-hydrogen) atoms. The van der Waals surface area contributed by atoms with E-state index in [0.29, 0.717) is 30.0 Å². The second-order valence-corrected chi connectivity index (χ2v) is 10.2. The van der Waals surface area contributed by atoms with Crippen LogP contribution in [-0.4, -0.2) is 62.9 Å². The Morgan fingerprint density at radius 1 is 1.15 bits per heavy atom. The molecule has 1 aliphatic carbocycles. The van der Waals surface area contributed by atoms with Gasteiger partial charge in [0.1, 0.15) is 11.6 Å². The summed E-state index contributed by atoms with van der Waals surface area (Å²) in [5, 5.41) is 19.8. The van der Waals surface area contributed by atoms with Crippen LogP contribution in [0, 0.1) is 5.82 Å². The van der Waals surface area contributed by atoms with E-state index >= 15 is 0 Å². The first-order valence-electron chi connectivity index (χ1n) is 13.3. The number of hydrogen-bond donors (Lipinski definition) is 2. The number of halogens is 1. The van der Waals surface area contributed by atoms with E-state index in [1.807, 2.05) is 41.8 Å². The number of methoxy groups -OCH3 is 1. The number of amides is 1. The first kappa shape index (κ1) is 28.4. The quantitative estimate of drug-likeness (QED) is 0.317. The Bertz CT molecular complexity index is 1270. The number of aliphatic carboxylic acids is 1. The average molecular weight is 538 g/mol. The van der Waals surface area contributed by atoms with Crippen molar-refractivity contribution in [2.24, 2.45) is 0 Å². The van der Waals surface area contributed by atoms with Crippen molar-refractivity contribution in [1.82, 2.24) is 14.5 Å². The molecular formula is C30H36FN3O5. The highest BCUT2D eigenvalue weighted by molar-refractivity contribution is 5.94. The number of rotatable bonds is 13. The Balaban J connectivity index is 1.66. The smallest absolute Gasteiger partial charge is 0.305 e. The Morgan fingerprint density at radius 3 is 2.41 bits per heavy atom. The number of carboxylic acid groups (broad SMARTS) is 1. The van der Waals surface area contributed by atoms with E-state index < -0.39 is 18.2 Å². The Hall–Kier alpha value is -3.56. The summed E-state index contributed by atoms with van der Waals surface area (Å²) in [6.45, 7) is 2.34. The Morgan fingerprint density at radius 2 is 1.82 bits per heavy atom. The van der Waals surface area contributed by atoms with E-state index in [0.717, 1.165) is 24.1 Å². The minimum absolute atomic E-state index is 0.168. The van der Waals surface area contributed by atoms with Crippen molar-refractivity contribution in [3.63, 3.8) is 0 Å². The van der Waals surface area contributed by atoms with Crippen molar-refractivity contribution >= 4 is 11.9 Å². The largest absolute Gasteiger partial charge is 0.481 e. The van der Waals surface area contributed by atoms with Crippen LogP contribution in [0.3, 0.4) is 0 Å². The van der Waals surface area contributed by atoms with E-state index in [9.17, 15) is 19.1 Å². The van der Waals surface area contributed by atoms with Crippen LogP contribution in [0.2, 0.25) is 0 Å². The van der Waals surface area contributed by atoms with Crippen LogP contribution in [-0.2, 0) is 16.1 Å². The van der Waals surface area contributed by atoms with Gasteiger partial charge in [-0.3, -0.25) is 9.59 Å². The summed E-state index contributed by atoms with van der Waals surface area (Å²) in [4.78, 5) is 31.5. The predicted molar refractivity (Wildman–Crippen MR) is 145 cm³/mol. The number of carbonyl (C=O) groups excluding carboxylic acids is 1. The molecule has 1 fully saturated rings. The molecule has 8 nitrogen and oxygen atoms in total. The number of imidazole rings is 1. The second kappa shape index (κ2) is 12.5. The van der Waals surface area contributed by atoms with Crippen LogP contribution in [0.5, 0.6) is 0 Å². The third kappa shape index (κ3) is 6.91. The summed E-state index contributed by atoms with van der Waals surface area (Å²) in [5.41, 5.74) is 2.88. The molecule has 1 aromatic heterocycles. The molecule has 1 saturated carbocycles. The van der Waals surface area contributed by atoms with Crippen LogP contribution < -0.4 is 0 Å². The van der Waals surface area contributed by atoms with Gasteiger partial charge >= 0.3 is 5.97 Å². The lowest BCUT2D eigenvalue weighted by atomic mass is 10.1. The molecule has 1 amide bonds. The van der Waals surface area contributed by atoms with Crippen LogP contribution in [0.4, 0.5) is 4.39 Å². The fourth-order valence-corrected chi connectivity index (χ4v) is 4.89. The van der Waals surface area contributed by atoms with Gasteiger partial charge in [-0.2, -0.15) is 0 Å². The van der Waals surface area contributed by atoms with E-state index in [-0.39, 0.29) is 36.5 Å². The summed E-state index contributed by atoms with van der Waals surface area (Å²) in [6.07, 6.45) is 0.727. The minimum Gasteiger partial charge on any atom is -0.481 e. The van der Waals surface area contributed by atoms with Gasteiger partial charge < -0.3 is 24.4 Å². The van der Waals surface area contributed by atoms with Crippen LogP contribution >= 0.6 is 0 Å². The number of carboxylic acids is 1. The zero-order chi connectivity index (χ0) is 28.1. The van der Waals surface area contributed by atoms with Gasteiger partial charge in [0.05, 0.1) is 30.4 Å². The second-order valence-electron chi connectivity index (χ2n) is 10.2. The third-order valence-electron chi connectivity index (χ3n) is 7.42. The highest BCUT2D eigenvalue weighted by Crippen LogP contribution is 2.44. The molecule has 3 unspecified atom stereocenters. The van der Waals surface area contributed by atoms with Gasteiger partial charge in [-0.25, -0.2) is 9.37 Å². The standard InChI is InChI=1S/C30H36FN3O5/c1-19(20-7-5-4-6-8-20)33(2)30(38)27-28(21-9-10-21)34(29(32-27)22-11-13-23(31)14-12-22)16-15-24(35)17-25(39-3)18-26(36)37/h4-8,11-14,19,21,24-25,35H,9-10,15-18H2,1-3H3,(H,36,37). The number of nitrogens with zero attached hydrogens (tertiary/aromatic N) is 3. The molecule has 0 saturated heterocycles. The lowest BCUT2D eigenvalue weighted by Crippen LogP contribution is -2.30. The van der Waals surface area contributed by atoms with Crippen LogP contribution in [0.1, 0.15) is 72.7 Å². The lowest BCUT2D eigenvalue weighted by molar-refractivity contribution is -0.140. The zero-order valence-electron chi connectivity index (χ0n) is 22.6. The first-order valence-corrected chi connectivity index (χ1v) is 13.3. The van der Waals surface area contributed by atoms with E-state index in [2.05, 4.69) is 0 Å². The van der Waals surface area contributed by atoms with Gasteiger partial charge in [0.25, 0.3) is 5.91 Å². The maximum absolute atomic E-state index is 13.9. The summed E-state index contributed by atoms with van der Waals surface area (Å²) < 4.78 is 20.9. The fraction of sp³-hybridized carbons (Fsp3) is 0.433. The molecule has 2 aromatic carbocycles. The molecule has 208 valence electrons. The number of aliphatic hydroxyl groups is 1. The molecule has 0 spiro atoms. The van der Waals surface area contributed by atoms with Gasteiger partial charge in [0, 0.05) is 38.6 Å². The summed E-state index contributed by atoms with van der Waals surface area (Å²) >= 11 is 0. The van der Waals surface area contributed by atoms with E-state index in [4.69, 9.17) is 14.8 Å². The molecule has 1 aliphatic rings. The molecule has 2 N–H and O–H groups in total. The number of aliphatic hydroxyl groups excluding tert-OH is 1. The topological polar surface area (TPSA) is 105 Å². The first-order chi connectivity index (χ1) is 18.7. The monoisotopic (exact) mass is 537 g/mol. The van der Waals surface area contributed by atoms with Crippen molar-refractivity contribution in [3.05, 3.63) is 77.4 Å². The van der Waals surface area contributed by atoms with Gasteiger partial charge in [0.2, 0.25) is 0 Å². The van der Waals surface area contributed by atoms with Crippen molar-refractivity contribution in [2.45, 2.75) is 69.7 Å². The summed E-state index contributed by atoms with van der Waals surface area (Å²) in [7, 11) is 3.20. The molecule has 0 aliphatic heterocycles. The average Bonchev–Trinajstić information content (AvgIpc) is 3.70. The maximum atomic E-state index is 13.9. The number of ether oxygens (including phenoxy) is 1. The van der Waals surface area contributed by atoms with Gasteiger partial charge in [-0.15, -0.1) is 0 Å². The lowest BCUT2D eigenvalue weighted by Gasteiger charge is -2.25. The van der Waals surface area contributed by atoms with Crippen molar-refractivity contribution in [1.29, 1.82) is 0 Å². The highest BCUT2D eigenvalue weighted by atomic mass is 19.1. The number of aromatic nitrogens is 2. The SMILES string of the molecule is COC(CC(=O)O)CC(O)CCn1c(-c2ccc(F)cc2)nc(C(=O)N(C)C(C)c2ccccc2)c1C1CC1. The highest BCUT2D eigenvalue weighted by Gasteiger charge is 2.36. The molecule has 3 atom stereocenters. The molecule has 0 bridgehead atoms. The van der Waals surface area contributed by atoms with Gasteiger partial charge in [-0.05, 0) is 56.0 Å². The predicted octanol–water partition coefficient (Wildman–Crippen LogP) is 5.03. The van der Waals surface area contributed by atoms with Gasteiger partial charge in [0.15, 0.2) is 5.69 Å². The number of hydrogen-bond acceptors (Lipinski definition) is 5. The minimum atomic E-state index is -0.990. The summed E-state index contributed by atoms with van der Waals surface area (Å²) in [6, 6.07) is 15.6. The van der Waals surface area contributed by atoms with Crippen LogP contribution in [0.15, 0.2) is 54.6 Å². The molecule has 4 rings (SSSR count). The van der Waals surface area contributed by atoms with Crippen molar-refractivity contribution in [3.8, 4) is 11.4 Å². The van der Waals surface area contributed by atoms with E-state index in [1.165, 1.54) is 19.2 Å². The number of carbonyl (C=O) groups is 2. The molecule has 1 heterocycles. The van der Waals surface area contributed by atoms with Crippen molar-refractivity contribution < 1.29 is 28.9 Å². The Labute approximate surface area is 228 Å². The van der Waals surface area contributed by atoms with E-state index in [1.54, 1.807) is 24.1 Å². The molecule has 0 radical (unpaired) electrons. The fourth-order valence-electron chi connectivity index (χ4n) is 4.89. The van der Waals surface area contributed by atoms with Gasteiger partial charge in [-0.1, -0.05) is 30.3 Å².